The van der Waals surface area contributed by atoms with E-state index in [0.717, 1.165) is 31.2 Å². The Hall–Kier alpha value is -0.510. The summed E-state index contributed by atoms with van der Waals surface area (Å²) in [6, 6.07) is 8.68. The third kappa shape index (κ3) is 6.41. The van der Waals surface area contributed by atoms with E-state index in [0.29, 0.717) is 0 Å². The van der Waals surface area contributed by atoms with Crippen molar-refractivity contribution < 1.29 is 5.11 Å². The Morgan fingerprint density at radius 2 is 2.14 bits per heavy atom. The summed E-state index contributed by atoms with van der Waals surface area (Å²) in [5, 5.41) is 13.6. The van der Waals surface area contributed by atoms with Crippen LogP contribution < -0.4 is 5.32 Å². The van der Waals surface area contributed by atoms with E-state index in [4.69, 9.17) is 0 Å². The van der Waals surface area contributed by atoms with Crippen molar-refractivity contribution in [1.82, 2.24) is 5.32 Å². The molecule has 21 heavy (non-hydrogen) atoms. The van der Waals surface area contributed by atoms with Crippen LogP contribution in [0.3, 0.4) is 0 Å². The third-order valence-corrected chi connectivity index (χ3v) is 5.32. The smallest absolute Gasteiger partial charge is 0.0636 e. The van der Waals surface area contributed by atoms with Gasteiger partial charge in [0.25, 0.3) is 0 Å². The summed E-state index contributed by atoms with van der Waals surface area (Å²) >= 11 is 1.79. The second kappa shape index (κ2) is 9.50. The molecule has 1 aliphatic rings. The zero-order valence-electron chi connectivity index (χ0n) is 13.2. The molecule has 0 aromatic heterocycles. The molecule has 1 aromatic carbocycles. The van der Waals surface area contributed by atoms with Gasteiger partial charge in [0.2, 0.25) is 0 Å². The summed E-state index contributed by atoms with van der Waals surface area (Å²) in [5.74, 6) is 1.59. The Balaban J connectivity index is 1.72. The maximum atomic E-state index is 10.2. The van der Waals surface area contributed by atoms with E-state index in [1.807, 2.05) is 0 Å². The van der Waals surface area contributed by atoms with E-state index >= 15 is 0 Å². The van der Waals surface area contributed by atoms with Crippen LogP contribution in [0.2, 0.25) is 0 Å². The van der Waals surface area contributed by atoms with Crippen molar-refractivity contribution in [3.63, 3.8) is 0 Å². The van der Waals surface area contributed by atoms with Crippen LogP contribution in [0.1, 0.15) is 51.0 Å². The number of nitrogens with one attached hydrogen (secondary N) is 1. The van der Waals surface area contributed by atoms with Gasteiger partial charge in [0.1, 0.15) is 0 Å². The van der Waals surface area contributed by atoms with Gasteiger partial charge in [-0.2, -0.15) is 0 Å². The summed E-state index contributed by atoms with van der Waals surface area (Å²) in [6.07, 6.45) is 7.36. The molecule has 0 bridgehead atoms. The molecule has 1 fully saturated rings. The summed E-state index contributed by atoms with van der Waals surface area (Å²) in [5.41, 5.74) is 1.33. The lowest BCUT2D eigenvalue weighted by atomic mass is 10.0. The lowest BCUT2D eigenvalue weighted by Crippen LogP contribution is -2.14. The quantitative estimate of drug-likeness (QED) is 0.529. The lowest BCUT2D eigenvalue weighted by molar-refractivity contribution is 0.166. The first kappa shape index (κ1) is 16.9. The van der Waals surface area contributed by atoms with E-state index < -0.39 is 0 Å². The molecule has 3 heteroatoms. The van der Waals surface area contributed by atoms with Crippen LogP contribution in [0.4, 0.5) is 0 Å². The summed E-state index contributed by atoms with van der Waals surface area (Å²) in [7, 11) is 0. The molecule has 2 rings (SSSR count). The first-order valence-corrected chi connectivity index (χ1v) is 9.37. The van der Waals surface area contributed by atoms with Gasteiger partial charge in [0.15, 0.2) is 0 Å². The number of hydrogen-bond acceptors (Lipinski definition) is 3. The molecule has 0 amide bonds. The normalized spacial score (nSPS) is 17.2. The third-order valence-electron chi connectivity index (χ3n) is 4.18. The molecule has 0 spiro atoms. The predicted molar refractivity (Wildman–Crippen MR) is 91.7 cm³/mol. The average molecular weight is 308 g/mol. The number of aliphatic hydroxyl groups excluding tert-OH is 1. The minimum Gasteiger partial charge on any atom is -0.392 e. The van der Waals surface area contributed by atoms with Crippen LogP contribution in [-0.2, 0) is 6.54 Å². The van der Waals surface area contributed by atoms with Gasteiger partial charge in [0, 0.05) is 17.2 Å². The number of aliphatic hydroxyl groups is 1. The molecule has 1 unspecified atom stereocenters. The topological polar surface area (TPSA) is 32.3 Å². The Bertz CT molecular complexity index is 404. The molecule has 1 aromatic rings. The SMILES string of the molecule is CCCNCc1cccc(SCC(O)CC2CCCC2)c1. The number of thioether (sulfide) groups is 1. The van der Waals surface area contributed by atoms with Crippen molar-refractivity contribution in [3.8, 4) is 0 Å². The minimum atomic E-state index is -0.153. The zero-order valence-corrected chi connectivity index (χ0v) is 14.0. The van der Waals surface area contributed by atoms with Gasteiger partial charge in [-0.15, -0.1) is 11.8 Å². The largest absolute Gasteiger partial charge is 0.392 e. The minimum absolute atomic E-state index is 0.153. The molecule has 0 radical (unpaired) electrons. The second-order valence-corrected chi connectivity index (χ2v) is 7.27. The van der Waals surface area contributed by atoms with Crippen molar-refractivity contribution in [2.24, 2.45) is 5.92 Å². The van der Waals surface area contributed by atoms with E-state index in [1.165, 1.54) is 42.6 Å². The lowest BCUT2D eigenvalue weighted by Gasteiger charge is -2.15. The monoisotopic (exact) mass is 307 g/mol. The predicted octanol–water partition coefficient (Wildman–Crippen LogP) is 4.22. The zero-order chi connectivity index (χ0) is 14.9. The van der Waals surface area contributed by atoms with Crippen LogP contribution in [0.15, 0.2) is 29.2 Å². The van der Waals surface area contributed by atoms with E-state index in [9.17, 15) is 5.11 Å². The highest BCUT2D eigenvalue weighted by Crippen LogP contribution is 2.30. The van der Waals surface area contributed by atoms with Crippen molar-refractivity contribution in [2.75, 3.05) is 12.3 Å². The molecular formula is C18H29NOS. The Morgan fingerprint density at radius 1 is 1.33 bits per heavy atom. The average Bonchev–Trinajstić information content (AvgIpc) is 2.99. The Kier molecular flexibility index (Phi) is 7.62. The summed E-state index contributed by atoms with van der Waals surface area (Å²) < 4.78 is 0. The van der Waals surface area contributed by atoms with Gasteiger partial charge in [-0.05, 0) is 43.0 Å². The molecular weight excluding hydrogens is 278 g/mol. The first-order valence-electron chi connectivity index (χ1n) is 8.38. The Labute approximate surface area is 133 Å². The van der Waals surface area contributed by atoms with Gasteiger partial charge < -0.3 is 10.4 Å². The van der Waals surface area contributed by atoms with Crippen LogP contribution >= 0.6 is 11.8 Å². The van der Waals surface area contributed by atoms with E-state index in [-0.39, 0.29) is 6.10 Å². The van der Waals surface area contributed by atoms with Crippen molar-refractivity contribution in [2.45, 2.75) is 63.0 Å². The van der Waals surface area contributed by atoms with Crippen LogP contribution in [0.25, 0.3) is 0 Å². The molecule has 0 aliphatic heterocycles. The van der Waals surface area contributed by atoms with Crippen molar-refractivity contribution in [1.29, 1.82) is 0 Å². The first-order chi connectivity index (χ1) is 10.3. The second-order valence-electron chi connectivity index (χ2n) is 6.18. The number of rotatable bonds is 9. The molecule has 2 nitrogen and oxygen atoms in total. The summed E-state index contributed by atoms with van der Waals surface area (Å²) in [6.45, 7) is 4.19. The maximum absolute atomic E-state index is 10.2. The molecule has 2 N–H and O–H groups in total. The standard InChI is InChI=1S/C18H29NOS/c1-2-10-19-13-16-8-5-9-18(12-16)21-14-17(20)11-15-6-3-4-7-15/h5,8-9,12,15,17,19-20H,2-4,6-7,10-11,13-14H2,1H3. The number of hydrogen-bond donors (Lipinski definition) is 2. The highest BCUT2D eigenvalue weighted by Gasteiger charge is 2.18. The van der Waals surface area contributed by atoms with E-state index in [1.54, 1.807) is 11.8 Å². The molecule has 1 saturated carbocycles. The maximum Gasteiger partial charge on any atom is 0.0636 e. The van der Waals surface area contributed by atoms with Gasteiger partial charge in [-0.25, -0.2) is 0 Å². The molecule has 118 valence electrons. The summed E-state index contributed by atoms with van der Waals surface area (Å²) in [4.78, 5) is 1.27. The van der Waals surface area contributed by atoms with Crippen molar-refractivity contribution >= 4 is 11.8 Å². The van der Waals surface area contributed by atoms with Gasteiger partial charge in [-0.1, -0.05) is 44.7 Å². The number of benzene rings is 1. The van der Waals surface area contributed by atoms with Gasteiger partial charge in [0.05, 0.1) is 6.10 Å². The van der Waals surface area contributed by atoms with Crippen LogP contribution in [-0.4, -0.2) is 23.5 Å². The van der Waals surface area contributed by atoms with Crippen molar-refractivity contribution in [3.05, 3.63) is 29.8 Å². The van der Waals surface area contributed by atoms with Crippen LogP contribution in [0.5, 0.6) is 0 Å². The highest BCUT2D eigenvalue weighted by molar-refractivity contribution is 7.99. The van der Waals surface area contributed by atoms with E-state index in [2.05, 4.69) is 36.5 Å². The van der Waals surface area contributed by atoms with Gasteiger partial charge >= 0.3 is 0 Å². The highest BCUT2D eigenvalue weighted by atomic mass is 32.2. The Morgan fingerprint density at radius 3 is 2.90 bits per heavy atom. The van der Waals surface area contributed by atoms with Crippen LogP contribution in [0, 0.1) is 5.92 Å². The fourth-order valence-electron chi connectivity index (χ4n) is 3.05. The fourth-order valence-corrected chi connectivity index (χ4v) is 3.98. The fraction of sp³-hybridized carbons (Fsp3) is 0.667. The molecule has 0 saturated heterocycles. The van der Waals surface area contributed by atoms with Gasteiger partial charge in [-0.3, -0.25) is 0 Å². The molecule has 0 heterocycles. The molecule has 1 atom stereocenters. The molecule has 1 aliphatic carbocycles.